The molecule has 0 spiro atoms. The Morgan fingerprint density at radius 3 is 2.57 bits per heavy atom. The Hall–Kier alpha value is -1.61. The molecule has 2 N–H and O–H groups in total. The van der Waals surface area contributed by atoms with Crippen molar-refractivity contribution in [1.82, 2.24) is 10.2 Å². The van der Waals surface area contributed by atoms with Crippen molar-refractivity contribution in [1.29, 1.82) is 0 Å². The van der Waals surface area contributed by atoms with Crippen molar-refractivity contribution in [3.63, 3.8) is 0 Å². The number of rotatable bonds is 2. The Kier molecular flexibility index (Phi) is 2.33. The van der Waals surface area contributed by atoms with E-state index in [0.29, 0.717) is 0 Å². The van der Waals surface area contributed by atoms with Gasteiger partial charge < -0.3 is 5.11 Å². The van der Waals surface area contributed by atoms with Crippen LogP contribution in [0.1, 0.15) is 11.3 Å². The van der Waals surface area contributed by atoms with Gasteiger partial charge in [-0.2, -0.15) is 5.10 Å². The van der Waals surface area contributed by atoms with E-state index in [1.807, 2.05) is 37.3 Å². The number of hydrogen-bond donors (Lipinski definition) is 2. The average molecular weight is 188 g/mol. The van der Waals surface area contributed by atoms with E-state index < -0.39 is 0 Å². The van der Waals surface area contributed by atoms with Gasteiger partial charge in [-0.15, -0.1) is 0 Å². The molecule has 14 heavy (non-hydrogen) atoms. The highest BCUT2D eigenvalue weighted by molar-refractivity contribution is 5.63. The minimum atomic E-state index is 0.00562. The van der Waals surface area contributed by atoms with E-state index in [0.717, 1.165) is 22.5 Å². The predicted octanol–water partition coefficient (Wildman–Crippen LogP) is 1.88. The Morgan fingerprint density at radius 2 is 2.00 bits per heavy atom. The maximum atomic E-state index is 9.01. The molecule has 0 bridgehead atoms. The lowest BCUT2D eigenvalue weighted by Crippen LogP contribution is -1.85. The molecule has 0 aliphatic carbocycles. The van der Waals surface area contributed by atoms with Gasteiger partial charge in [0.2, 0.25) is 0 Å². The van der Waals surface area contributed by atoms with Crippen molar-refractivity contribution in [2.45, 2.75) is 13.5 Å². The molecule has 0 aliphatic rings. The summed E-state index contributed by atoms with van der Waals surface area (Å²) in [4.78, 5) is 0. The second kappa shape index (κ2) is 3.64. The molecule has 0 atom stereocenters. The van der Waals surface area contributed by atoms with Crippen LogP contribution in [0.3, 0.4) is 0 Å². The molecule has 0 saturated heterocycles. The number of hydrogen-bond acceptors (Lipinski definition) is 2. The lowest BCUT2D eigenvalue weighted by molar-refractivity contribution is 0.276. The van der Waals surface area contributed by atoms with Crippen LogP contribution in [0.15, 0.2) is 30.3 Å². The zero-order valence-corrected chi connectivity index (χ0v) is 7.99. The van der Waals surface area contributed by atoms with Crippen LogP contribution >= 0.6 is 0 Å². The summed E-state index contributed by atoms with van der Waals surface area (Å²) in [6.07, 6.45) is 0. The van der Waals surface area contributed by atoms with Crippen molar-refractivity contribution in [2.75, 3.05) is 0 Å². The second-order valence-electron chi connectivity index (χ2n) is 3.20. The molecule has 1 aromatic carbocycles. The first-order chi connectivity index (χ1) is 6.83. The van der Waals surface area contributed by atoms with Gasteiger partial charge in [0.15, 0.2) is 0 Å². The number of aromatic nitrogens is 2. The van der Waals surface area contributed by atoms with Crippen molar-refractivity contribution in [2.24, 2.45) is 0 Å². The van der Waals surface area contributed by atoms with Crippen LogP contribution in [0.2, 0.25) is 0 Å². The van der Waals surface area contributed by atoms with Gasteiger partial charge in [0.05, 0.1) is 18.0 Å². The maximum absolute atomic E-state index is 9.01. The van der Waals surface area contributed by atoms with Crippen LogP contribution in [0.5, 0.6) is 0 Å². The highest BCUT2D eigenvalue weighted by Crippen LogP contribution is 2.22. The number of nitrogens with one attached hydrogen (secondary N) is 1. The van der Waals surface area contributed by atoms with E-state index in [9.17, 15) is 0 Å². The van der Waals surface area contributed by atoms with Gasteiger partial charge in [-0.05, 0) is 6.92 Å². The molecule has 2 aromatic rings. The summed E-state index contributed by atoms with van der Waals surface area (Å²) in [5.74, 6) is 0. The van der Waals surface area contributed by atoms with Crippen LogP contribution in [0, 0.1) is 6.92 Å². The van der Waals surface area contributed by atoms with Crippen LogP contribution in [-0.2, 0) is 6.61 Å². The smallest absolute Gasteiger partial charge is 0.0953 e. The van der Waals surface area contributed by atoms with Gasteiger partial charge in [-0.25, -0.2) is 0 Å². The van der Waals surface area contributed by atoms with Crippen molar-refractivity contribution in [3.8, 4) is 11.3 Å². The summed E-state index contributed by atoms with van der Waals surface area (Å²) in [5, 5.41) is 16.0. The maximum Gasteiger partial charge on any atom is 0.0953 e. The average Bonchev–Trinajstić information content (AvgIpc) is 2.61. The quantitative estimate of drug-likeness (QED) is 0.756. The van der Waals surface area contributed by atoms with E-state index in [1.54, 1.807) is 0 Å². The topological polar surface area (TPSA) is 48.9 Å². The molecular formula is C11H12N2O. The van der Waals surface area contributed by atoms with Gasteiger partial charge in [0.1, 0.15) is 0 Å². The van der Waals surface area contributed by atoms with E-state index in [1.165, 1.54) is 0 Å². The SMILES string of the molecule is Cc1c(-c2ccccc2)n[nH]c1CO. The van der Waals surface area contributed by atoms with Crippen molar-refractivity contribution in [3.05, 3.63) is 41.6 Å². The van der Waals surface area contributed by atoms with E-state index in [-0.39, 0.29) is 6.61 Å². The van der Waals surface area contributed by atoms with Crippen molar-refractivity contribution < 1.29 is 5.11 Å². The molecule has 1 heterocycles. The first kappa shape index (κ1) is 8.97. The zero-order valence-electron chi connectivity index (χ0n) is 7.99. The number of aliphatic hydroxyl groups excluding tert-OH is 1. The summed E-state index contributed by atoms with van der Waals surface area (Å²) in [6, 6.07) is 9.93. The summed E-state index contributed by atoms with van der Waals surface area (Å²) in [6.45, 7) is 1.96. The van der Waals surface area contributed by atoms with Crippen LogP contribution in [0.4, 0.5) is 0 Å². The Balaban J connectivity index is 2.48. The van der Waals surface area contributed by atoms with Crippen molar-refractivity contribution >= 4 is 0 Å². The molecule has 0 fully saturated rings. The molecule has 3 nitrogen and oxygen atoms in total. The highest BCUT2D eigenvalue weighted by atomic mass is 16.3. The molecule has 0 amide bonds. The number of nitrogens with zero attached hydrogens (tertiary/aromatic N) is 1. The molecule has 1 aromatic heterocycles. The minimum Gasteiger partial charge on any atom is -0.390 e. The summed E-state index contributed by atoms with van der Waals surface area (Å²) in [7, 11) is 0. The highest BCUT2D eigenvalue weighted by Gasteiger charge is 2.08. The lowest BCUT2D eigenvalue weighted by atomic mass is 10.1. The van der Waals surface area contributed by atoms with Gasteiger partial charge in [-0.3, -0.25) is 5.10 Å². The number of H-pyrrole nitrogens is 1. The monoisotopic (exact) mass is 188 g/mol. The normalized spacial score (nSPS) is 10.4. The van der Waals surface area contributed by atoms with Crippen LogP contribution in [-0.4, -0.2) is 15.3 Å². The fourth-order valence-corrected chi connectivity index (χ4v) is 1.47. The third-order valence-electron chi connectivity index (χ3n) is 2.32. The molecular weight excluding hydrogens is 176 g/mol. The zero-order chi connectivity index (χ0) is 9.97. The second-order valence-corrected chi connectivity index (χ2v) is 3.20. The molecule has 72 valence electrons. The van der Waals surface area contributed by atoms with Crippen LogP contribution < -0.4 is 0 Å². The van der Waals surface area contributed by atoms with Gasteiger partial charge >= 0.3 is 0 Å². The summed E-state index contributed by atoms with van der Waals surface area (Å²) < 4.78 is 0. The first-order valence-corrected chi connectivity index (χ1v) is 4.53. The minimum absolute atomic E-state index is 0.00562. The van der Waals surface area contributed by atoms with Gasteiger partial charge in [0.25, 0.3) is 0 Å². The predicted molar refractivity (Wildman–Crippen MR) is 54.7 cm³/mol. The summed E-state index contributed by atoms with van der Waals surface area (Å²) >= 11 is 0. The van der Waals surface area contributed by atoms with E-state index >= 15 is 0 Å². The fourth-order valence-electron chi connectivity index (χ4n) is 1.47. The van der Waals surface area contributed by atoms with E-state index in [2.05, 4.69) is 10.2 Å². The van der Waals surface area contributed by atoms with Gasteiger partial charge in [-0.1, -0.05) is 30.3 Å². The lowest BCUT2D eigenvalue weighted by Gasteiger charge is -1.97. The Morgan fingerprint density at radius 1 is 1.29 bits per heavy atom. The Labute approximate surface area is 82.4 Å². The standard InChI is InChI=1S/C11H12N2O/c1-8-10(7-14)12-13-11(8)9-5-3-2-4-6-9/h2-6,14H,7H2,1H3,(H,12,13). The van der Waals surface area contributed by atoms with Gasteiger partial charge in [0, 0.05) is 11.1 Å². The third kappa shape index (κ3) is 1.42. The Bertz CT molecular complexity index is 420. The molecule has 0 aliphatic heterocycles. The third-order valence-corrected chi connectivity index (χ3v) is 2.32. The molecule has 0 radical (unpaired) electrons. The fraction of sp³-hybridized carbons (Fsp3) is 0.182. The molecule has 3 heteroatoms. The first-order valence-electron chi connectivity index (χ1n) is 4.53. The summed E-state index contributed by atoms with van der Waals surface area (Å²) in [5.41, 5.74) is 3.78. The molecule has 0 unspecified atom stereocenters. The molecule has 2 rings (SSSR count). The molecule has 0 saturated carbocycles. The number of aliphatic hydroxyl groups is 1. The number of aromatic amines is 1. The van der Waals surface area contributed by atoms with E-state index in [4.69, 9.17) is 5.11 Å². The largest absolute Gasteiger partial charge is 0.390 e. The van der Waals surface area contributed by atoms with Crippen LogP contribution in [0.25, 0.3) is 11.3 Å². The number of benzene rings is 1.